The highest BCUT2D eigenvalue weighted by molar-refractivity contribution is 7.99. The van der Waals surface area contributed by atoms with Crippen molar-refractivity contribution in [2.45, 2.75) is 32.1 Å². The van der Waals surface area contributed by atoms with E-state index >= 15 is 0 Å². The predicted molar refractivity (Wildman–Crippen MR) is 117 cm³/mol. The fourth-order valence-corrected chi connectivity index (χ4v) is 3.90. The van der Waals surface area contributed by atoms with Gasteiger partial charge in [-0.25, -0.2) is 0 Å². The molecule has 0 saturated heterocycles. The third kappa shape index (κ3) is 6.76. The molecule has 0 aliphatic carbocycles. The average molecular weight is 436 g/mol. The van der Waals surface area contributed by atoms with Gasteiger partial charge in [0.15, 0.2) is 0 Å². The van der Waals surface area contributed by atoms with Crippen LogP contribution in [0.4, 0.5) is 17.1 Å². The lowest BCUT2D eigenvalue weighted by Gasteiger charge is -2.10. The minimum Gasteiger partial charge on any atom is -0.326 e. The molecular formula is C20H22ClN3O4S. The van der Waals surface area contributed by atoms with E-state index in [1.54, 1.807) is 24.3 Å². The Labute approximate surface area is 178 Å². The zero-order chi connectivity index (χ0) is 21.6. The minimum atomic E-state index is -0.513. The predicted octanol–water partition coefficient (Wildman–Crippen LogP) is 5.60. The number of rotatable bonds is 8. The summed E-state index contributed by atoms with van der Waals surface area (Å²) >= 11 is 7.56. The Morgan fingerprint density at radius 1 is 1.17 bits per heavy atom. The SMILES string of the molecule is CC(=O)Nc1ccc(NC(=O)c2ccc(SCCC(C)C)c([N+](=O)[O-])c2)c(Cl)c1. The number of anilines is 2. The van der Waals surface area contributed by atoms with Crippen molar-refractivity contribution in [1.29, 1.82) is 0 Å². The Morgan fingerprint density at radius 2 is 1.90 bits per heavy atom. The summed E-state index contributed by atoms with van der Waals surface area (Å²) in [6.07, 6.45) is 0.942. The Morgan fingerprint density at radius 3 is 2.48 bits per heavy atom. The van der Waals surface area contributed by atoms with Crippen LogP contribution < -0.4 is 10.6 Å². The lowest BCUT2D eigenvalue weighted by atomic mass is 10.1. The molecule has 0 saturated carbocycles. The molecule has 0 radical (unpaired) electrons. The normalized spacial score (nSPS) is 10.7. The number of hydrogen-bond donors (Lipinski definition) is 2. The number of nitrogens with zero attached hydrogens (tertiary/aromatic N) is 1. The molecular weight excluding hydrogens is 414 g/mol. The van der Waals surface area contributed by atoms with Gasteiger partial charge in [0, 0.05) is 24.2 Å². The monoisotopic (exact) mass is 435 g/mol. The second-order valence-corrected chi connectivity index (χ2v) is 8.34. The summed E-state index contributed by atoms with van der Waals surface area (Å²) in [5, 5.41) is 16.9. The molecule has 0 aliphatic rings. The molecule has 154 valence electrons. The van der Waals surface area contributed by atoms with Gasteiger partial charge in [-0.3, -0.25) is 19.7 Å². The molecule has 2 aromatic rings. The van der Waals surface area contributed by atoms with Crippen LogP contribution in [0, 0.1) is 16.0 Å². The number of carbonyl (C=O) groups excluding carboxylic acids is 2. The first-order chi connectivity index (χ1) is 13.7. The van der Waals surface area contributed by atoms with Gasteiger partial charge < -0.3 is 10.6 Å². The van der Waals surface area contributed by atoms with E-state index < -0.39 is 10.8 Å². The maximum Gasteiger partial charge on any atom is 0.283 e. The van der Waals surface area contributed by atoms with E-state index in [0.717, 1.165) is 12.2 Å². The van der Waals surface area contributed by atoms with Gasteiger partial charge in [0.1, 0.15) is 0 Å². The standard InChI is InChI=1S/C20H22ClN3O4S/c1-12(2)8-9-29-19-7-4-14(10-18(19)24(27)28)20(26)23-17-6-5-15(11-16(17)21)22-13(3)25/h4-7,10-12H,8-9H2,1-3H3,(H,22,25)(H,23,26). The number of thioether (sulfide) groups is 1. The number of nitro groups is 1. The Hall–Kier alpha value is -2.58. The molecule has 0 atom stereocenters. The van der Waals surface area contributed by atoms with Gasteiger partial charge in [0.2, 0.25) is 5.91 Å². The molecule has 0 spiro atoms. The average Bonchev–Trinajstić information content (AvgIpc) is 2.63. The number of amides is 2. The van der Waals surface area contributed by atoms with Gasteiger partial charge in [-0.15, -0.1) is 11.8 Å². The van der Waals surface area contributed by atoms with E-state index in [4.69, 9.17) is 11.6 Å². The molecule has 0 bridgehead atoms. The molecule has 29 heavy (non-hydrogen) atoms. The molecule has 7 nitrogen and oxygen atoms in total. The van der Waals surface area contributed by atoms with Crippen molar-refractivity contribution < 1.29 is 14.5 Å². The third-order valence-corrected chi connectivity index (χ3v) is 5.32. The maximum atomic E-state index is 12.5. The summed E-state index contributed by atoms with van der Waals surface area (Å²) < 4.78 is 0. The molecule has 2 amide bonds. The van der Waals surface area contributed by atoms with Crippen molar-refractivity contribution in [3.05, 3.63) is 57.1 Å². The quantitative estimate of drug-likeness (QED) is 0.319. The van der Waals surface area contributed by atoms with E-state index in [-0.39, 0.29) is 22.2 Å². The Bertz CT molecular complexity index is 934. The largest absolute Gasteiger partial charge is 0.326 e. The van der Waals surface area contributed by atoms with Crippen LogP contribution >= 0.6 is 23.4 Å². The van der Waals surface area contributed by atoms with E-state index in [2.05, 4.69) is 24.5 Å². The molecule has 0 aliphatic heterocycles. The van der Waals surface area contributed by atoms with Crippen molar-refractivity contribution in [3.8, 4) is 0 Å². The van der Waals surface area contributed by atoms with Crippen LogP contribution in [-0.2, 0) is 4.79 Å². The van der Waals surface area contributed by atoms with E-state index in [1.165, 1.54) is 30.8 Å². The Balaban J connectivity index is 2.17. The Kier molecular flexibility index (Phi) is 8.04. The molecule has 0 heterocycles. The van der Waals surface area contributed by atoms with E-state index in [0.29, 0.717) is 22.2 Å². The third-order valence-electron chi connectivity index (χ3n) is 3.91. The number of nitro benzene ring substituents is 1. The van der Waals surface area contributed by atoms with Gasteiger partial charge in [0.05, 0.1) is 20.5 Å². The fourth-order valence-electron chi connectivity index (χ4n) is 2.42. The van der Waals surface area contributed by atoms with E-state index in [1.807, 2.05) is 0 Å². The van der Waals surface area contributed by atoms with E-state index in [9.17, 15) is 19.7 Å². The molecule has 2 rings (SSSR count). The molecule has 0 fully saturated rings. The summed E-state index contributed by atoms with van der Waals surface area (Å²) in [5.41, 5.74) is 0.896. The van der Waals surface area contributed by atoms with Crippen LogP contribution in [0.3, 0.4) is 0 Å². The van der Waals surface area contributed by atoms with Gasteiger partial charge in [-0.1, -0.05) is 25.4 Å². The number of nitrogens with one attached hydrogen (secondary N) is 2. The molecule has 2 aromatic carbocycles. The minimum absolute atomic E-state index is 0.0986. The van der Waals surface area contributed by atoms with Crippen molar-refractivity contribution in [1.82, 2.24) is 0 Å². The first kappa shape index (κ1) is 22.7. The summed E-state index contributed by atoms with van der Waals surface area (Å²) in [6.45, 7) is 5.56. The number of carbonyl (C=O) groups is 2. The van der Waals surface area contributed by atoms with Gasteiger partial charge in [0.25, 0.3) is 11.6 Å². The summed E-state index contributed by atoms with van der Waals surface area (Å²) in [7, 11) is 0. The smallest absolute Gasteiger partial charge is 0.283 e. The first-order valence-corrected chi connectivity index (χ1v) is 10.3. The van der Waals surface area contributed by atoms with Gasteiger partial charge in [-0.2, -0.15) is 0 Å². The van der Waals surface area contributed by atoms with Gasteiger partial charge >= 0.3 is 0 Å². The zero-order valence-electron chi connectivity index (χ0n) is 16.3. The summed E-state index contributed by atoms with van der Waals surface area (Å²) in [4.78, 5) is 35.1. The second-order valence-electron chi connectivity index (χ2n) is 6.80. The molecule has 9 heteroatoms. The van der Waals surface area contributed by atoms with Crippen molar-refractivity contribution in [2.24, 2.45) is 5.92 Å². The zero-order valence-corrected chi connectivity index (χ0v) is 17.9. The van der Waals surface area contributed by atoms with Crippen molar-refractivity contribution >= 4 is 52.2 Å². The van der Waals surface area contributed by atoms with Crippen molar-refractivity contribution in [2.75, 3.05) is 16.4 Å². The highest BCUT2D eigenvalue weighted by Crippen LogP contribution is 2.32. The summed E-state index contributed by atoms with van der Waals surface area (Å²) in [5.74, 6) is 0.520. The number of halogens is 1. The van der Waals surface area contributed by atoms with Crippen LogP contribution in [0.15, 0.2) is 41.3 Å². The lowest BCUT2D eigenvalue weighted by Crippen LogP contribution is -2.13. The molecule has 0 aromatic heterocycles. The van der Waals surface area contributed by atoms with Crippen LogP contribution in [0.1, 0.15) is 37.6 Å². The highest BCUT2D eigenvalue weighted by atomic mass is 35.5. The van der Waals surface area contributed by atoms with Crippen LogP contribution in [-0.4, -0.2) is 22.5 Å². The highest BCUT2D eigenvalue weighted by Gasteiger charge is 2.19. The molecule has 2 N–H and O–H groups in total. The number of hydrogen-bond acceptors (Lipinski definition) is 5. The lowest BCUT2D eigenvalue weighted by molar-refractivity contribution is -0.387. The van der Waals surface area contributed by atoms with Crippen LogP contribution in [0.25, 0.3) is 0 Å². The van der Waals surface area contributed by atoms with Crippen LogP contribution in [0.5, 0.6) is 0 Å². The second kappa shape index (κ2) is 10.3. The molecule has 0 unspecified atom stereocenters. The summed E-state index contributed by atoms with van der Waals surface area (Å²) in [6, 6.07) is 9.08. The van der Waals surface area contributed by atoms with Crippen molar-refractivity contribution in [3.63, 3.8) is 0 Å². The fraction of sp³-hybridized carbons (Fsp3) is 0.300. The number of benzene rings is 2. The maximum absolute atomic E-state index is 12.5. The topological polar surface area (TPSA) is 101 Å². The van der Waals surface area contributed by atoms with Crippen LogP contribution in [0.2, 0.25) is 5.02 Å². The van der Waals surface area contributed by atoms with Gasteiger partial charge in [-0.05, 0) is 48.4 Å². The first-order valence-electron chi connectivity index (χ1n) is 8.97.